The number of alkyl halides is 1. The maximum atomic E-state index is 14.4. The number of ether oxygens (including phenoxy) is 2. The summed E-state index contributed by atoms with van der Waals surface area (Å²) in [6.07, 6.45) is 2.57. The van der Waals surface area contributed by atoms with Crippen LogP contribution in [0.25, 0.3) is 17.3 Å². The minimum Gasteiger partial charge on any atom is -0.496 e. The molecule has 0 spiro atoms. The summed E-state index contributed by atoms with van der Waals surface area (Å²) in [5.74, 6) is -3.62. The van der Waals surface area contributed by atoms with E-state index >= 15 is 0 Å². The number of anilines is 1. The Kier molecular flexibility index (Phi) is 10.4. The van der Waals surface area contributed by atoms with Gasteiger partial charge in [0.25, 0.3) is 5.91 Å². The number of halogens is 3. The van der Waals surface area contributed by atoms with Crippen molar-refractivity contribution in [2.75, 3.05) is 32.3 Å². The van der Waals surface area contributed by atoms with E-state index in [0.29, 0.717) is 49.5 Å². The molecule has 0 aliphatic heterocycles. The second-order valence-electron chi connectivity index (χ2n) is 8.23. The number of amides is 1. The lowest BCUT2D eigenvalue weighted by Crippen LogP contribution is -2.13. The number of thiazole rings is 1. The van der Waals surface area contributed by atoms with Gasteiger partial charge in [-0.25, -0.2) is 18.6 Å². The number of unbranched alkanes of at least 4 members (excludes halogenated alkanes) is 1. The number of rotatable bonds is 13. The van der Waals surface area contributed by atoms with Gasteiger partial charge in [-0.1, -0.05) is 12.1 Å². The summed E-state index contributed by atoms with van der Waals surface area (Å²) in [5, 5.41) is 13.4. The number of carbonyl (C=O) groups excluding carboxylic acids is 1. The minimum atomic E-state index is -1.31. The van der Waals surface area contributed by atoms with Crippen LogP contribution in [0.4, 0.5) is 18.3 Å². The summed E-state index contributed by atoms with van der Waals surface area (Å²) in [6.45, 7) is 1.77. The van der Waals surface area contributed by atoms with Crippen molar-refractivity contribution >= 4 is 34.4 Å². The third-order valence-corrected chi connectivity index (χ3v) is 6.29. The Morgan fingerprint density at radius 2 is 1.89 bits per heavy atom. The number of hydrogen-bond donors (Lipinski definition) is 2. The highest BCUT2D eigenvalue weighted by Crippen LogP contribution is 2.35. The smallest absolute Gasteiger partial charge is 0.331 e. The van der Waals surface area contributed by atoms with Crippen LogP contribution in [0.2, 0.25) is 0 Å². The Morgan fingerprint density at radius 1 is 1.16 bits per heavy atom. The zero-order chi connectivity index (χ0) is 27.7. The van der Waals surface area contributed by atoms with E-state index in [4.69, 9.17) is 14.6 Å². The number of carboxylic acid groups (broad SMARTS) is 1. The fourth-order valence-corrected chi connectivity index (χ4v) is 4.27. The third kappa shape index (κ3) is 7.42. The number of aromatic nitrogens is 1. The number of carbonyl (C=O) groups is 2. The second kappa shape index (κ2) is 13.7. The van der Waals surface area contributed by atoms with Gasteiger partial charge < -0.3 is 14.6 Å². The molecule has 0 bridgehead atoms. The van der Waals surface area contributed by atoms with Crippen LogP contribution in [0.5, 0.6) is 5.75 Å². The minimum absolute atomic E-state index is 0.208. The summed E-state index contributed by atoms with van der Waals surface area (Å²) in [6, 6.07) is 7.24. The van der Waals surface area contributed by atoms with Crippen LogP contribution in [0.15, 0.2) is 41.3 Å². The topological polar surface area (TPSA) is 97.8 Å². The SMILES string of the molecule is COc1c(CCOCCCCF)cccc1-c1csc(NC(=O)c2cc(F)c(/C=C(\C)C(=O)O)c(F)c2)n1. The normalized spacial score (nSPS) is 11.4. The lowest BCUT2D eigenvalue weighted by Gasteiger charge is -2.12. The molecule has 3 rings (SSSR count). The number of aliphatic carboxylic acids is 1. The fourth-order valence-electron chi connectivity index (χ4n) is 3.56. The molecule has 0 radical (unpaired) electrons. The Morgan fingerprint density at radius 3 is 2.55 bits per heavy atom. The highest BCUT2D eigenvalue weighted by molar-refractivity contribution is 7.14. The van der Waals surface area contributed by atoms with E-state index in [0.717, 1.165) is 35.1 Å². The first kappa shape index (κ1) is 28.9. The van der Waals surface area contributed by atoms with Gasteiger partial charge in [-0.2, -0.15) is 0 Å². The molecule has 7 nitrogen and oxygen atoms in total. The van der Waals surface area contributed by atoms with Crippen molar-refractivity contribution in [3.8, 4) is 17.0 Å². The molecule has 202 valence electrons. The van der Waals surface area contributed by atoms with Crippen molar-refractivity contribution in [1.82, 2.24) is 4.98 Å². The molecule has 0 saturated carbocycles. The largest absolute Gasteiger partial charge is 0.496 e. The van der Waals surface area contributed by atoms with Crippen molar-refractivity contribution < 1.29 is 37.3 Å². The molecule has 0 atom stereocenters. The van der Waals surface area contributed by atoms with Gasteiger partial charge >= 0.3 is 5.97 Å². The zero-order valence-electron chi connectivity index (χ0n) is 20.9. The molecule has 11 heteroatoms. The molecular formula is C27H27F3N2O5S. The molecule has 0 fully saturated rings. The molecule has 0 saturated heterocycles. The zero-order valence-corrected chi connectivity index (χ0v) is 21.7. The van der Waals surface area contributed by atoms with Crippen molar-refractivity contribution in [3.05, 3.63) is 69.6 Å². The van der Waals surface area contributed by atoms with Gasteiger partial charge in [0.05, 0.1) is 26.1 Å². The average molecular weight is 549 g/mol. The van der Waals surface area contributed by atoms with Gasteiger partial charge in [0.15, 0.2) is 5.13 Å². The second-order valence-corrected chi connectivity index (χ2v) is 9.09. The van der Waals surface area contributed by atoms with Crippen LogP contribution in [-0.4, -0.2) is 49.0 Å². The van der Waals surface area contributed by atoms with Gasteiger partial charge in [0, 0.05) is 34.3 Å². The van der Waals surface area contributed by atoms with Gasteiger partial charge in [-0.15, -0.1) is 11.3 Å². The predicted molar refractivity (Wildman–Crippen MR) is 139 cm³/mol. The van der Waals surface area contributed by atoms with E-state index in [2.05, 4.69) is 10.3 Å². The number of nitrogens with zero attached hydrogens (tertiary/aromatic N) is 1. The van der Waals surface area contributed by atoms with Crippen LogP contribution in [0.1, 0.15) is 41.3 Å². The molecule has 2 N–H and O–H groups in total. The van der Waals surface area contributed by atoms with Crippen molar-refractivity contribution in [2.24, 2.45) is 0 Å². The number of hydrogen-bond acceptors (Lipinski definition) is 6. The Labute approximate surface area is 221 Å². The van der Waals surface area contributed by atoms with E-state index in [1.54, 1.807) is 12.5 Å². The molecule has 38 heavy (non-hydrogen) atoms. The van der Waals surface area contributed by atoms with Crippen molar-refractivity contribution in [2.45, 2.75) is 26.2 Å². The monoisotopic (exact) mass is 548 g/mol. The molecule has 1 aromatic heterocycles. The average Bonchev–Trinajstić information content (AvgIpc) is 3.35. The summed E-state index contributed by atoms with van der Waals surface area (Å²) < 4.78 is 52.2. The molecule has 3 aromatic rings. The lowest BCUT2D eigenvalue weighted by atomic mass is 10.0. The Balaban J connectivity index is 1.73. The predicted octanol–water partition coefficient (Wildman–Crippen LogP) is 6.15. The number of carboxylic acids is 1. The first-order chi connectivity index (χ1) is 18.2. The van der Waals surface area contributed by atoms with E-state index in [1.807, 2.05) is 18.2 Å². The highest BCUT2D eigenvalue weighted by atomic mass is 32.1. The molecule has 0 aliphatic carbocycles. The van der Waals surface area contributed by atoms with E-state index in [-0.39, 0.29) is 22.9 Å². The third-order valence-electron chi connectivity index (χ3n) is 5.53. The molecular weight excluding hydrogens is 521 g/mol. The first-order valence-corrected chi connectivity index (χ1v) is 12.6. The fraction of sp³-hybridized carbons (Fsp3) is 0.296. The lowest BCUT2D eigenvalue weighted by molar-refractivity contribution is -0.132. The van der Waals surface area contributed by atoms with E-state index < -0.39 is 29.1 Å². The van der Waals surface area contributed by atoms with Crippen LogP contribution in [0.3, 0.4) is 0 Å². The summed E-state index contributed by atoms with van der Waals surface area (Å²) in [5.41, 5.74) is 1.04. The summed E-state index contributed by atoms with van der Waals surface area (Å²) >= 11 is 1.13. The maximum absolute atomic E-state index is 14.4. The van der Waals surface area contributed by atoms with E-state index in [9.17, 15) is 22.8 Å². The van der Waals surface area contributed by atoms with Gasteiger partial charge in [-0.05, 0) is 56.0 Å². The van der Waals surface area contributed by atoms with Gasteiger partial charge in [-0.3, -0.25) is 14.5 Å². The van der Waals surface area contributed by atoms with Crippen LogP contribution in [-0.2, 0) is 16.0 Å². The maximum Gasteiger partial charge on any atom is 0.331 e. The molecule has 1 heterocycles. The van der Waals surface area contributed by atoms with Gasteiger partial charge in [0.1, 0.15) is 17.4 Å². The number of para-hydroxylation sites is 1. The first-order valence-electron chi connectivity index (χ1n) is 11.7. The standard InChI is InChI=1S/C27H27F3N2O5S/c1-16(26(34)35)12-20-21(29)13-18(14-22(20)30)25(33)32-27-31-23(15-38-27)19-7-5-6-17(24(19)36-2)8-11-37-10-4-3-9-28/h5-7,12-15H,3-4,8-11H2,1-2H3,(H,34,35)(H,31,32,33)/b16-12+. The number of methoxy groups -OCH3 is 1. The van der Waals surface area contributed by atoms with Crippen molar-refractivity contribution in [1.29, 1.82) is 0 Å². The molecule has 0 aliphatic rings. The number of nitrogens with one attached hydrogen (secondary N) is 1. The van der Waals surface area contributed by atoms with Crippen LogP contribution < -0.4 is 10.1 Å². The molecule has 2 aromatic carbocycles. The van der Waals surface area contributed by atoms with Crippen LogP contribution in [0, 0.1) is 11.6 Å². The van der Waals surface area contributed by atoms with Crippen molar-refractivity contribution in [3.63, 3.8) is 0 Å². The molecule has 0 unspecified atom stereocenters. The molecule has 1 amide bonds. The Bertz CT molecular complexity index is 1300. The number of benzene rings is 2. The summed E-state index contributed by atoms with van der Waals surface area (Å²) in [4.78, 5) is 28.0. The quantitative estimate of drug-likeness (QED) is 0.197. The summed E-state index contributed by atoms with van der Waals surface area (Å²) in [7, 11) is 1.54. The Hall–Kier alpha value is -3.70. The highest BCUT2D eigenvalue weighted by Gasteiger charge is 2.18. The van der Waals surface area contributed by atoms with Crippen LogP contribution >= 0.6 is 11.3 Å². The van der Waals surface area contributed by atoms with E-state index in [1.165, 1.54) is 6.92 Å². The van der Waals surface area contributed by atoms with Gasteiger partial charge in [0.2, 0.25) is 0 Å².